The average molecular weight is 387 g/mol. The van der Waals surface area contributed by atoms with Crippen LogP contribution < -0.4 is 5.32 Å². The van der Waals surface area contributed by atoms with Crippen LogP contribution in [-0.2, 0) is 0 Å². The van der Waals surface area contributed by atoms with Crippen molar-refractivity contribution in [2.45, 2.75) is 0 Å². The van der Waals surface area contributed by atoms with E-state index >= 15 is 0 Å². The first-order valence-electron chi connectivity index (χ1n) is 5.73. The maximum atomic E-state index is 13.2. The quantitative estimate of drug-likeness (QED) is 0.705. The molecule has 4 nitrogen and oxygen atoms in total. The molecule has 0 radical (unpaired) electrons. The molecular formula is C13H6BrClFN3OS. The van der Waals surface area contributed by atoms with E-state index < -0.39 is 11.7 Å². The van der Waals surface area contributed by atoms with Gasteiger partial charge in [-0.15, -0.1) is 0 Å². The molecule has 3 aromatic rings. The van der Waals surface area contributed by atoms with Gasteiger partial charge in [0.05, 0.1) is 26.9 Å². The number of benzene rings is 2. The predicted octanol–water partition coefficient (Wildman–Crippen LogP) is 4.50. The van der Waals surface area contributed by atoms with Gasteiger partial charge in [-0.25, -0.2) is 4.39 Å². The Kier molecular flexibility index (Phi) is 3.88. The number of rotatable bonds is 2. The fraction of sp³-hybridized carbons (Fsp3) is 0. The summed E-state index contributed by atoms with van der Waals surface area (Å²) in [5, 5.41) is 3.06. The van der Waals surface area contributed by atoms with Crippen molar-refractivity contribution in [1.82, 2.24) is 8.75 Å². The number of amides is 1. The van der Waals surface area contributed by atoms with Crippen LogP contribution in [0.4, 0.5) is 10.1 Å². The molecule has 0 spiro atoms. The molecule has 8 heteroatoms. The van der Waals surface area contributed by atoms with E-state index in [4.69, 9.17) is 11.6 Å². The zero-order valence-electron chi connectivity index (χ0n) is 10.2. The Morgan fingerprint density at radius 2 is 2.10 bits per heavy atom. The van der Waals surface area contributed by atoms with Crippen molar-refractivity contribution in [3.63, 3.8) is 0 Å². The first-order chi connectivity index (χ1) is 10.1. The average Bonchev–Trinajstić information content (AvgIpc) is 2.93. The minimum atomic E-state index is -0.435. The SMILES string of the molecule is O=C(Nc1c(Cl)ccc2nsnc12)c1ccc(F)c(Br)c1. The normalized spacial score (nSPS) is 10.8. The number of fused-ring (bicyclic) bond motifs is 1. The van der Waals surface area contributed by atoms with Gasteiger partial charge < -0.3 is 5.32 Å². The summed E-state index contributed by atoms with van der Waals surface area (Å²) in [4.78, 5) is 12.2. The summed E-state index contributed by atoms with van der Waals surface area (Å²) in [6, 6.07) is 7.37. The van der Waals surface area contributed by atoms with Crippen LogP contribution in [-0.4, -0.2) is 14.7 Å². The molecule has 0 aliphatic carbocycles. The highest BCUT2D eigenvalue weighted by molar-refractivity contribution is 9.10. The molecule has 1 heterocycles. The van der Waals surface area contributed by atoms with Crippen molar-refractivity contribution in [1.29, 1.82) is 0 Å². The number of halogens is 3. The van der Waals surface area contributed by atoms with Crippen LogP contribution in [0.5, 0.6) is 0 Å². The van der Waals surface area contributed by atoms with Crippen LogP contribution in [0.15, 0.2) is 34.8 Å². The molecule has 0 fully saturated rings. The van der Waals surface area contributed by atoms with Crippen LogP contribution in [0, 0.1) is 5.82 Å². The molecule has 1 aromatic heterocycles. The van der Waals surface area contributed by atoms with Crippen molar-refractivity contribution in [2.24, 2.45) is 0 Å². The summed E-state index contributed by atoms with van der Waals surface area (Å²) in [6.07, 6.45) is 0. The van der Waals surface area contributed by atoms with Gasteiger partial charge >= 0.3 is 0 Å². The van der Waals surface area contributed by atoms with Crippen LogP contribution in [0.3, 0.4) is 0 Å². The third-order valence-electron chi connectivity index (χ3n) is 2.80. The Balaban J connectivity index is 1.98. The minimum Gasteiger partial charge on any atom is -0.319 e. The summed E-state index contributed by atoms with van der Waals surface area (Å²) in [6.45, 7) is 0. The third kappa shape index (κ3) is 2.76. The number of carbonyl (C=O) groups is 1. The summed E-state index contributed by atoms with van der Waals surface area (Å²) >= 11 is 10.2. The molecule has 0 aliphatic rings. The third-order valence-corrected chi connectivity index (χ3v) is 4.26. The van der Waals surface area contributed by atoms with E-state index in [2.05, 4.69) is 30.0 Å². The molecule has 0 bridgehead atoms. The lowest BCUT2D eigenvalue weighted by molar-refractivity contribution is 0.102. The van der Waals surface area contributed by atoms with Crippen molar-refractivity contribution in [2.75, 3.05) is 5.32 Å². The second kappa shape index (κ2) is 5.67. The van der Waals surface area contributed by atoms with Gasteiger partial charge in [0, 0.05) is 5.56 Å². The Bertz CT molecular complexity index is 855. The first-order valence-corrected chi connectivity index (χ1v) is 7.63. The number of hydrogen-bond donors (Lipinski definition) is 1. The summed E-state index contributed by atoms with van der Waals surface area (Å²) < 4.78 is 21.6. The van der Waals surface area contributed by atoms with Gasteiger partial charge in [0.25, 0.3) is 5.91 Å². The molecule has 0 aliphatic heterocycles. The van der Waals surface area contributed by atoms with E-state index in [0.717, 1.165) is 11.7 Å². The molecule has 0 saturated heterocycles. The lowest BCUT2D eigenvalue weighted by atomic mass is 10.2. The zero-order valence-corrected chi connectivity index (χ0v) is 13.4. The van der Waals surface area contributed by atoms with E-state index in [1.165, 1.54) is 18.2 Å². The van der Waals surface area contributed by atoms with Crippen LogP contribution >= 0.6 is 39.3 Å². The topological polar surface area (TPSA) is 54.9 Å². The zero-order chi connectivity index (χ0) is 15.0. The lowest BCUT2D eigenvalue weighted by Gasteiger charge is -2.08. The van der Waals surface area contributed by atoms with Gasteiger partial charge in [-0.05, 0) is 46.3 Å². The van der Waals surface area contributed by atoms with E-state index in [-0.39, 0.29) is 4.47 Å². The number of nitrogens with zero attached hydrogens (tertiary/aromatic N) is 2. The number of hydrogen-bond acceptors (Lipinski definition) is 4. The monoisotopic (exact) mass is 385 g/mol. The number of anilines is 1. The maximum Gasteiger partial charge on any atom is 0.255 e. The molecule has 3 rings (SSSR count). The maximum absolute atomic E-state index is 13.2. The summed E-state index contributed by atoms with van der Waals surface area (Å²) in [5.41, 5.74) is 1.88. The molecule has 0 atom stereocenters. The summed E-state index contributed by atoms with van der Waals surface area (Å²) in [7, 11) is 0. The number of carbonyl (C=O) groups excluding carboxylic acids is 1. The Morgan fingerprint density at radius 1 is 1.29 bits per heavy atom. The van der Waals surface area contributed by atoms with Crippen molar-refractivity contribution in [3.05, 3.63) is 51.2 Å². The Labute approximate surface area is 136 Å². The van der Waals surface area contributed by atoms with E-state index in [1.807, 2.05) is 0 Å². The highest BCUT2D eigenvalue weighted by atomic mass is 79.9. The standard InChI is InChI=1S/C13H6BrClFN3OS/c14-7-5-6(1-3-9(7)16)13(20)17-11-8(15)2-4-10-12(11)19-21-18-10/h1-5H,(H,17,20). The molecule has 106 valence electrons. The minimum absolute atomic E-state index is 0.217. The fourth-order valence-electron chi connectivity index (χ4n) is 1.77. The second-order valence-corrected chi connectivity index (χ2v) is 5.93. The van der Waals surface area contributed by atoms with Gasteiger partial charge in [0.1, 0.15) is 16.9 Å². The molecule has 0 saturated carbocycles. The van der Waals surface area contributed by atoms with Crippen LogP contribution in [0.2, 0.25) is 5.02 Å². The highest BCUT2D eigenvalue weighted by Gasteiger charge is 2.15. The van der Waals surface area contributed by atoms with Crippen molar-refractivity contribution >= 4 is 61.9 Å². The molecule has 0 unspecified atom stereocenters. The fourth-order valence-corrected chi connectivity index (χ4v) is 2.89. The Morgan fingerprint density at radius 3 is 2.86 bits per heavy atom. The van der Waals surface area contributed by atoms with Crippen LogP contribution in [0.25, 0.3) is 11.0 Å². The smallest absolute Gasteiger partial charge is 0.255 e. The van der Waals surface area contributed by atoms with Gasteiger partial charge in [-0.3, -0.25) is 4.79 Å². The van der Waals surface area contributed by atoms with E-state index in [9.17, 15) is 9.18 Å². The van der Waals surface area contributed by atoms with Gasteiger partial charge in [-0.2, -0.15) is 8.75 Å². The van der Waals surface area contributed by atoms with Crippen molar-refractivity contribution in [3.8, 4) is 0 Å². The second-order valence-electron chi connectivity index (χ2n) is 4.14. The van der Waals surface area contributed by atoms with Gasteiger partial charge in [-0.1, -0.05) is 11.6 Å². The number of aromatic nitrogens is 2. The van der Waals surface area contributed by atoms with Gasteiger partial charge in [0.15, 0.2) is 0 Å². The van der Waals surface area contributed by atoms with Gasteiger partial charge in [0.2, 0.25) is 0 Å². The molecule has 1 N–H and O–H groups in total. The largest absolute Gasteiger partial charge is 0.319 e. The van der Waals surface area contributed by atoms with E-state index in [1.54, 1.807) is 12.1 Å². The molecule has 1 amide bonds. The molecular weight excluding hydrogens is 381 g/mol. The summed E-state index contributed by atoms with van der Waals surface area (Å²) in [5.74, 6) is -0.839. The highest BCUT2D eigenvalue weighted by Crippen LogP contribution is 2.30. The van der Waals surface area contributed by atoms with Crippen molar-refractivity contribution < 1.29 is 9.18 Å². The molecule has 21 heavy (non-hydrogen) atoms. The first kappa shape index (κ1) is 14.4. The molecule has 2 aromatic carbocycles. The Hall–Kier alpha value is -1.57. The van der Waals surface area contributed by atoms with Crippen LogP contribution in [0.1, 0.15) is 10.4 Å². The predicted molar refractivity (Wildman–Crippen MR) is 84.5 cm³/mol. The van der Waals surface area contributed by atoms with E-state index in [0.29, 0.717) is 27.3 Å². The number of nitrogens with one attached hydrogen (secondary N) is 1. The lowest BCUT2D eigenvalue weighted by Crippen LogP contribution is -2.12.